The molecule has 1 aromatic heterocycles. The molecule has 8 heteroatoms. The Morgan fingerprint density at radius 2 is 2.19 bits per heavy atom. The van der Waals surface area contributed by atoms with Crippen molar-refractivity contribution in [1.82, 2.24) is 4.98 Å². The molecule has 0 atom stereocenters. The lowest BCUT2D eigenvalue weighted by atomic mass is 10.3. The number of halogens is 1. The van der Waals surface area contributed by atoms with Crippen LogP contribution in [0.3, 0.4) is 0 Å². The molecule has 0 aliphatic carbocycles. The molecule has 0 aliphatic rings. The van der Waals surface area contributed by atoms with Crippen LogP contribution in [0.5, 0.6) is 0 Å². The van der Waals surface area contributed by atoms with Gasteiger partial charge in [0.05, 0.1) is 9.40 Å². The summed E-state index contributed by atoms with van der Waals surface area (Å²) in [5, 5.41) is 11.0. The lowest BCUT2D eigenvalue weighted by molar-refractivity contribution is -0.385. The van der Waals surface area contributed by atoms with E-state index in [2.05, 4.69) is 27.5 Å². The molecule has 0 aliphatic heterocycles. The predicted octanol–water partition coefficient (Wildman–Crippen LogP) is 1.98. The second-order valence-electron chi connectivity index (χ2n) is 2.86. The summed E-state index contributed by atoms with van der Waals surface area (Å²) in [5.74, 6) is 0. The number of nitrogens with zero attached hydrogens (tertiary/aromatic N) is 2. The van der Waals surface area contributed by atoms with Crippen molar-refractivity contribution in [3.05, 3.63) is 38.3 Å². The first kappa shape index (κ1) is 12.8. The van der Waals surface area contributed by atoms with E-state index in [-0.39, 0.29) is 20.7 Å². The van der Waals surface area contributed by atoms with E-state index in [9.17, 15) is 18.5 Å². The van der Waals surface area contributed by atoms with Crippen LogP contribution in [0.25, 0.3) is 0 Å². The van der Waals surface area contributed by atoms with Crippen molar-refractivity contribution in [2.75, 3.05) is 0 Å². The molecule has 0 amide bonds. The van der Waals surface area contributed by atoms with E-state index in [1.807, 2.05) is 0 Å². The van der Waals surface area contributed by atoms with Crippen LogP contribution in [-0.4, -0.2) is 18.3 Å². The van der Waals surface area contributed by atoms with Crippen molar-refractivity contribution < 1.29 is 13.3 Å². The summed E-state index contributed by atoms with van der Waals surface area (Å²) in [4.78, 5) is 13.5. The summed E-state index contributed by atoms with van der Waals surface area (Å²) < 4.78 is 23.0. The number of sulfone groups is 1. The van der Waals surface area contributed by atoms with Crippen molar-refractivity contribution in [3.63, 3.8) is 0 Å². The highest BCUT2D eigenvalue weighted by Crippen LogP contribution is 2.30. The van der Waals surface area contributed by atoms with Crippen molar-refractivity contribution >= 4 is 31.5 Å². The lowest BCUT2D eigenvalue weighted by Crippen LogP contribution is -2.04. The third-order valence-corrected chi connectivity index (χ3v) is 4.41. The zero-order chi connectivity index (χ0) is 12.5. The molecule has 0 radical (unpaired) electrons. The molecule has 0 saturated heterocycles. The van der Waals surface area contributed by atoms with Crippen molar-refractivity contribution in [2.24, 2.45) is 0 Å². The quantitative estimate of drug-likeness (QED) is 0.629. The Kier molecular flexibility index (Phi) is 3.44. The van der Waals surface area contributed by atoms with Gasteiger partial charge in [-0.1, -0.05) is 6.58 Å². The highest BCUT2D eigenvalue weighted by Gasteiger charge is 2.23. The molecule has 0 aromatic carbocycles. The SMILES string of the molecule is C=CS(=O)(=O)c1ncc([N+](=O)[O-])c(C)c1Br. The topological polar surface area (TPSA) is 90.2 Å². The standard InChI is InChI=1S/C8H7BrN2O4S/c1-3-16(14,15)8-7(9)5(2)6(4-10-8)11(12)13/h3-4H,1H2,2H3. The van der Waals surface area contributed by atoms with Gasteiger partial charge in [-0.15, -0.1) is 0 Å². The zero-order valence-electron chi connectivity index (χ0n) is 8.18. The Balaban J connectivity index is 3.57. The average Bonchev–Trinajstić information content (AvgIpc) is 2.21. The Hall–Kier alpha value is -1.28. The van der Waals surface area contributed by atoms with Crippen LogP contribution < -0.4 is 0 Å². The maximum Gasteiger partial charge on any atom is 0.291 e. The maximum absolute atomic E-state index is 11.5. The summed E-state index contributed by atoms with van der Waals surface area (Å²) in [5.41, 5.74) is -0.0321. The molecule has 16 heavy (non-hydrogen) atoms. The van der Waals surface area contributed by atoms with Crippen LogP contribution in [-0.2, 0) is 9.84 Å². The fourth-order valence-electron chi connectivity index (χ4n) is 1.01. The van der Waals surface area contributed by atoms with Crippen molar-refractivity contribution in [3.8, 4) is 0 Å². The third kappa shape index (κ3) is 2.12. The fourth-order valence-corrected chi connectivity index (χ4v) is 2.75. The Morgan fingerprint density at radius 3 is 2.62 bits per heavy atom. The molecule has 0 fully saturated rings. The Labute approximate surface area is 100 Å². The second kappa shape index (κ2) is 4.30. The summed E-state index contributed by atoms with van der Waals surface area (Å²) in [7, 11) is -3.71. The molecule has 1 heterocycles. The number of hydrogen-bond acceptors (Lipinski definition) is 5. The molecule has 1 aromatic rings. The molecule has 0 N–H and O–H groups in total. The smallest absolute Gasteiger partial charge is 0.258 e. The van der Waals surface area contributed by atoms with Crippen LogP contribution in [0.2, 0.25) is 0 Å². The number of pyridine rings is 1. The molecule has 0 bridgehead atoms. The van der Waals surface area contributed by atoms with Gasteiger partial charge in [0.2, 0.25) is 9.84 Å². The molecule has 86 valence electrons. The lowest BCUT2D eigenvalue weighted by Gasteiger charge is -2.04. The number of rotatable bonds is 3. The Bertz CT molecular complexity index is 568. The predicted molar refractivity (Wildman–Crippen MR) is 60.7 cm³/mol. The molecule has 0 unspecified atom stereocenters. The molecule has 0 spiro atoms. The number of aromatic nitrogens is 1. The van der Waals surface area contributed by atoms with E-state index < -0.39 is 14.8 Å². The summed E-state index contributed by atoms with van der Waals surface area (Å²) in [6.07, 6.45) is 0.913. The first-order valence-electron chi connectivity index (χ1n) is 3.98. The van der Waals surface area contributed by atoms with E-state index in [0.717, 1.165) is 11.6 Å². The molecular weight excluding hydrogens is 300 g/mol. The van der Waals surface area contributed by atoms with E-state index >= 15 is 0 Å². The minimum absolute atomic E-state index is 0.0848. The zero-order valence-corrected chi connectivity index (χ0v) is 10.6. The van der Waals surface area contributed by atoms with Gasteiger partial charge in [0.1, 0.15) is 6.20 Å². The van der Waals surface area contributed by atoms with Gasteiger partial charge in [0, 0.05) is 11.0 Å². The summed E-state index contributed by atoms with van der Waals surface area (Å²) >= 11 is 2.98. The monoisotopic (exact) mass is 306 g/mol. The Morgan fingerprint density at radius 1 is 1.62 bits per heavy atom. The van der Waals surface area contributed by atoms with Gasteiger partial charge in [0.25, 0.3) is 5.69 Å². The fraction of sp³-hybridized carbons (Fsp3) is 0.125. The highest BCUT2D eigenvalue weighted by atomic mass is 79.9. The van der Waals surface area contributed by atoms with Gasteiger partial charge in [-0.25, -0.2) is 13.4 Å². The van der Waals surface area contributed by atoms with Gasteiger partial charge in [-0.3, -0.25) is 10.1 Å². The van der Waals surface area contributed by atoms with Gasteiger partial charge in [-0.2, -0.15) is 0 Å². The molecular formula is C8H7BrN2O4S. The van der Waals surface area contributed by atoms with Gasteiger partial charge in [0.15, 0.2) is 5.03 Å². The van der Waals surface area contributed by atoms with Crippen molar-refractivity contribution in [2.45, 2.75) is 11.9 Å². The molecule has 0 saturated carbocycles. The van der Waals surface area contributed by atoms with E-state index in [4.69, 9.17) is 0 Å². The van der Waals surface area contributed by atoms with Crippen LogP contribution in [0.1, 0.15) is 5.56 Å². The maximum atomic E-state index is 11.5. The average molecular weight is 307 g/mol. The third-order valence-electron chi connectivity index (χ3n) is 1.89. The van der Waals surface area contributed by atoms with Gasteiger partial charge < -0.3 is 0 Å². The first-order chi connectivity index (χ1) is 7.31. The molecule has 1 rings (SSSR count). The number of hydrogen-bond donors (Lipinski definition) is 0. The largest absolute Gasteiger partial charge is 0.291 e. The van der Waals surface area contributed by atoms with Crippen LogP contribution >= 0.6 is 15.9 Å². The molecule has 6 nitrogen and oxygen atoms in total. The van der Waals surface area contributed by atoms with E-state index in [1.54, 1.807) is 0 Å². The van der Waals surface area contributed by atoms with Crippen molar-refractivity contribution in [1.29, 1.82) is 0 Å². The van der Waals surface area contributed by atoms with Gasteiger partial charge in [-0.05, 0) is 22.9 Å². The van der Waals surface area contributed by atoms with Crippen LogP contribution in [0.4, 0.5) is 5.69 Å². The summed E-state index contributed by atoms with van der Waals surface area (Å²) in [6, 6.07) is 0. The minimum Gasteiger partial charge on any atom is -0.258 e. The summed E-state index contributed by atoms with van der Waals surface area (Å²) in [6.45, 7) is 4.59. The van der Waals surface area contributed by atoms with E-state index in [1.165, 1.54) is 6.92 Å². The van der Waals surface area contributed by atoms with Crippen LogP contribution in [0, 0.1) is 17.0 Å². The second-order valence-corrected chi connectivity index (χ2v) is 5.46. The van der Waals surface area contributed by atoms with E-state index in [0.29, 0.717) is 0 Å². The van der Waals surface area contributed by atoms with Crippen LogP contribution in [0.15, 0.2) is 27.7 Å². The highest BCUT2D eigenvalue weighted by molar-refractivity contribution is 9.10. The minimum atomic E-state index is -3.71. The normalized spacial score (nSPS) is 11.1. The number of nitro groups is 1. The first-order valence-corrected chi connectivity index (χ1v) is 6.32. The van der Waals surface area contributed by atoms with Gasteiger partial charge >= 0.3 is 0 Å².